The van der Waals surface area contributed by atoms with Crippen molar-refractivity contribution in [1.82, 2.24) is 4.98 Å². The average molecular weight is 323 g/mol. The Balaban J connectivity index is 2.17. The van der Waals surface area contributed by atoms with E-state index in [1.807, 2.05) is 0 Å². The van der Waals surface area contributed by atoms with E-state index in [4.69, 9.17) is 14.0 Å². The molecule has 23 heavy (non-hydrogen) atoms. The number of nitrogens with one attached hydrogen (secondary N) is 1. The number of aromatic nitrogens is 1. The molecule has 0 radical (unpaired) electrons. The van der Waals surface area contributed by atoms with Crippen molar-refractivity contribution in [1.29, 1.82) is 0 Å². The summed E-state index contributed by atoms with van der Waals surface area (Å²) >= 11 is 0. The number of hydrogen-bond donors (Lipinski definition) is 1. The summed E-state index contributed by atoms with van der Waals surface area (Å²) in [5.41, 5.74) is -0.290. The fourth-order valence-corrected chi connectivity index (χ4v) is 2.08. The molecule has 1 aromatic rings. The highest BCUT2D eigenvalue weighted by atomic mass is 16.6. The summed E-state index contributed by atoms with van der Waals surface area (Å²) in [5.74, 6) is -1.32. The molecule has 2 rings (SSSR count). The Bertz CT molecular complexity index is 587. The van der Waals surface area contributed by atoms with Crippen LogP contribution in [0.3, 0.4) is 0 Å². The highest BCUT2D eigenvalue weighted by Gasteiger charge is 2.46. The van der Waals surface area contributed by atoms with Gasteiger partial charge in [0.2, 0.25) is 0 Å². The Labute approximate surface area is 134 Å². The van der Waals surface area contributed by atoms with Gasteiger partial charge in [0, 0.05) is 6.20 Å². The maximum atomic E-state index is 12.3. The molecule has 2 heterocycles. The third-order valence-corrected chi connectivity index (χ3v) is 3.14. The Hall–Kier alpha value is -2.29. The Morgan fingerprint density at radius 1 is 1.26 bits per heavy atom. The maximum Gasteiger partial charge on any atom is 0.654 e. The van der Waals surface area contributed by atoms with Gasteiger partial charge in [0.25, 0.3) is 0 Å². The Morgan fingerprint density at radius 3 is 2.26 bits per heavy atom. The minimum Gasteiger partial charge on any atom is -0.490 e. The normalized spacial score (nSPS) is 18.5. The van der Waals surface area contributed by atoms with Gasteiger partial charge >= 0.3 is 25.2 Å². The smallest absolute Gasteiger partial charge is 0.490 e. The quantitative estimate of drug-likeness (QED) is 0.586. The number of rotatable bonds is 1. The minimum atomic E-state index is -1.14. The zero-order valence-electron chi connectivity index (χ0n) is 13.6. The molecule has 0 atom stereocenters. The molecule has 1 aliphatic heterocycles. The predicted molar refractivity (Wildman–Crippen MR) is 80.5 cm³/mol. The van der Waals surface area contributed by atoms with Crippen molar-refractivity contribution >= 4 is 30.7 Å². The van der Waals surface area contributed by atoms with Crippen LogP contribution in [0, 0.1) is 0 Å². The van der Waals surface area contributed by atoms with E-state index in [9.17, 15) is 14.4 Å². The third kappa shape index (κ3) is 4.35. The van der Waals surface area contributed by atoms with Gasteiger partial charge in [-0.15, -0.1) is 0 Å². The van der Waals surface area contributed by atoms with Crippen LogP contribution in [0.4, 0.5) is 4.79 Å². The van der Waals surface area contributed by atoms with Gasteiger partial charge in [0.15, 0.2) is 13.1 Å². The van der Waals surface area contributed by atoms with Crippen molar-refractivity contribution in [2.24, 2.45) is 0 Å². The molecule has 0 unspecified atom stereocenters. The molecular formula is C14H20BN2O6+. The van der Waals surface area contributed by atoms with Gasteiger partial charge in [-0.3, -0.25) is 0 Å². The van der Waals surface area contributed by atoms with Crippen LogP contribution < -0.4 is 5.59 Å². The first-order chi connectivity index (χ1) is 10.6. The van der Waals surface area contributed by atoms with Crippen molar-refractivity contribution in [3.05, 3.63) is 18.3 Å². The van der Waals surface area contributed by atoms with Gasteiger partial charge in [-0.05, 0) is 32.9 Å². The highest BCUT2D eigenvalue weighted by Crippen LogP contribution is 2.16. The van der Waals surface area contributed by atoms with E-state index in [0.29, 0.717) is 5.59 Å². The van der Waals surface area contributed by atoms with Crippen LogP contribution in [-0.4, -0.2) is 60.4 Å². The molecule has 9 heteroatoms. The fraction of sp³-hybridized carbons (Fsp3) is 0.500. The SMILES string of the molecule is CC(C)(C)OC(=O)[N+]1(C)CC(=O)OB(c2ccc[nH]2)OC(=O)C1. The number of ether oxygens (including phenoxy) is 1. The number of likely N-dealkylation sites (N-methyl/N-ethyl adjacent to an activating group) is 1. The van der Waals surface area contributed by atoms with E-state index in [1.54, 1.807) is 39.1 Å². The number of H-pyrrole nitrogens is 1. The number of quaternary nitrogens is 1. The Kier molecular flexibility index (Phi) is 4.51. The molecule has 1 fully saturated rings. The molecule has 8 nitrogen and oxygen atoms in total. The van der Waals surface area contributed by atoms with Crippen LogP contribution in [0.5, 0.6) is 0 Å². The van der Waals surface area contributed by atoms with Crippen LogP contribution in [0.25, 0.3) is 0 Å². The summed E-state index contributed by atoms with van der Waals surface area (Å²) < 4.78 is 15.0. The molecule has 124 valence electrons. The summed E-state index contributed by atoms with van der Waals surface area (Å²) in [5, 5.41) is 0. The summed E-state index contributed by atoms with van der Waals surface area (Å²) in [6, 6.07) is 3.32. The van der Waals surface area contributed by atoms with Crippen LogP contribution in [-0.2, 0) is 23.6 Å². The van der Waals surface area contributed by atoms with Crippen molar-refractivity contribution in [2.75, 3.05) is 20.1 Å². The van der Waals surface area contributed by atoms with Crippen molar-refractivity contribution < 1.29 is 32.9 Å². The van der Waals surface area contributed by atoms with Gasteiger partial charge in [-0.1, -0.05) is 0 Å². The number of aromatic amines is 1. The van der Waals surface area contributed by atoms with Gasteiger partial charge in [0.05, 0.1) is 12.6 Å². The van der Waals surface area contributed by atoms with Crippen LogP contribution >= 0.6 is 0 Å². The zero-order valence-corrected chi connectivity index (χ0v) is 13.6. The molecular weight excluding hydrogens is 303 g/mol. The first-order valence-electron chi connectivity index (χ1n) is 7.19. The number of carbonyl (C=O) groups excluding carboxylic acids is 3. The second-order valence-corrected chi connectivity index (χ2v) is 6.63. The highest BCUT2D eigenvalue weighted by molar-refractivity contribution is 6.63. The lowest BCUT2D eigenvalue weighted by Gasteiger charge is -2.33. The van der Waals surface area contributed by atoms with Crippen molar-refractivity contribution in [3.63, 3.8) is 0 Å². The molecule has 0 aromatic carbocycles. The predicted octanol–water partition coefficient (Wildman–Crippen LogP) is 0.192. The fourth-order valence-electron chi connectivity index (χ4n) is 2.08. The zero-order chi connectivity index (χ0) is 17.3. The van der Waals surface area contributed by atoms with E-state index in [2.05, 4.69) is 4.98 Å². The largest absolute Gasteiger partial charge is 0.654 e. The average Bonchev–Trinajstić information content (AvgIpc) is 2.87. The van der Waals surface area contributed by atoms with E-state index < -0.39 is 35.2 Å². The van der Waals surface area contributed by atoms with Gasteiger partial charge in [0.1, 0.15) is 5.60 Å². The van der Waals surface area contributed by atoms with Crippen LogP contribution in [0.2, 0.25) is 0 Å². The Morgan fingerprint density at radius 2 is 1.83 bits per heavy atom. The number of hydrogen-bond acceptors (Lipinski definition) is 6. The van der Waals surface area contributed by atoms with E-state index in [0.717, 1.165) is 0 Å². The lowest BCUT2D eigenvalue weighted by molar-refractivity contribution is -0.823. The second-order valence-electron chi connectivity index (χ2n) is 6.63. The number of amides is 1. The van der Waals surface area contributed by atoms with Crippen molar-refractivity contribution in [3.8, 4) is 0 Å². The van der Waals surface area contributed by atoms with E-state index in [-0.39, 0.29) is 13.1 Å². The number of nitrogens with zero attached hydrogens (tertiary/aromatic N) is 1. The topological polar surface area (TPSA) is 94.7 Å². The molecule has 1 N–H and O–H groups in total. The first-order valence-corrected chi connectivity index (χ1v) is 7.19. The monoisotopic (exact) mass is 323 g/mol. The standard InChI is InChI=1S/C14H20BN2O6/c1-14(2,3)21-13(20)17(4)8-11(18)22-15(23-12(19)9-17)10-6-5-7-16-10/h5-7,16H,8-9H2,1-4H3/q+1. The van der Waals surface area contributed by atoms with Crippen LogP contribution in [0.1, 0.15) is 20.8 Å². The van der Waals surface area contributed by atoms with E-state index >= 15 is 0 Å². The molecule has 0 aliphatic carbocycles. The summed E-state index contributed by atoms with van der Waals surface area (Å²) in [7, 11) is 0.295. The lowest BCUT2D eigenvalue weighted by Crippen LogP contribution is -2.60. The third-order valence-electron chi connectivity index (χ3n) is 3.14. The van der Waals surface area contributed by atoms with Crippen molar-refractivity contribution in [2.45, 2.75) is 26.4 Å². The van der Waals surface area contributed by atoms with Crippen LogP contribution in [0.15, 0.2) is 18.3 Å². The van der Waals surface area contributed by atoms with E-state index in [1.165, 1.54) is 7.05 Å². The molecule has 1 aromatic heterocycles. The molecule has 0 spiro atoms. The first kappa shape index (κ1) is 17.1. The van der Waals surface area contributed by atoms with Gasteiger partial charge in [-0.2, -0.15) is 4.79 Å². The van der Waals surface area contributed by atoms with Gasteiger partial charge in [-0.25, -0.2) is 14.1 Å². The van der Waals surface area contributed by atoms with Gasteiger partial charge < -0.3 is 19.0 Å². The molecule has 0 bridgehead atoms. The lowest BCUT2D eigenvalue weighted by atomic mass is 9.84. The summed E-state index contributed by atoms with van der Waals surface area (Å²) in [6.45, 7) is 4.49. The molecule has 0 saturated carbocycles. The molecule has 1 saturated heterocycles. The second kappa shape index (κ2) is 6.07. The summed E-state index contributed by atoms with van der Waals surface area (Å²) in [6.07, 6.45) is 0.932. The number of carbonyl (C=O) groups is 3. The minimum absolute atomic E-state index is 0.318. The molecule has 1 amide bonds. The molecule has 1 aliphatic rings. The summed E-state index contributed by atoms with van der Waals surface area (Å²) in [4.78, 5) is 39.3. The maximum absolute atomic E-state index is 12.3.